The summed E-state index contributed by atoms with van der Waals surface area (Å²) in [7, 11) is 1.43. The highest BCUT2D eigenvalue weighted by molar-refractivity contribution is 14.1. The molecule has 21 heavy (non-hydrogen) atoms. The Morgan fingerprint density at radius 2 is 2.19 bits per heavy atom. The van der Waals surface area contributed by atoms with Gasteiger partial charge in [-0.05, 0) is 41.1 Å². The van der Waals surface area contributed by atoms with Crippen molar-refractivity contribution in [1.29, 1.82) is 0 Å². The number of nitrogens with one attached hydrogen (secondary N) is 2. The first-order valence-corrected chi connectivity index (χ1v) is 7.59. The van der Waals surface area contributed by atoms with Crippen LogP contribution in [-0.4, -0.2) is 23.6 Å². The van der Waals surface area contributed by atoms with E-state index in [2.05, 4.69) is 50.1 Å². The average Bonchev–Trinajstić information content (AvgIpc) is 2.48. The number of halogens is 2. The highest BCUT2D eigenvalue weighted by Gasteiger charge is 2.07. The zero-order valence-electron chi connectivity index (χ0n) is 11.8. The standard InChI is InChI=1S/C14H16FIN4O/c1-3-6-17-13-11(16)8-18-14(20-13)19-9-4-5-12(21-2)10(15)7-9/h4-5,7-8H,3,6H2,1-2H3,(H2,17,18,19,20). The van der Waals surface area contributed by atoms with Crippen molar-refractivity contribution in [3.63, 3.8) is 0 Å². The summed E-state index contributed by atoms with van der Waals surface area (Å²) in [6.45, 7) is 2.92. The van der Waals surface area contributed by atoms with Gasteiger partial charge in [-0.1, -0.05) is 6.92 Å². The van der Waals surface area contributed by atoms with Crippen LogP contribution < -0.4 is 15.4 Å². The summed E-state index contributed by atoms with van der Waals surface area (Å²) < 4.78 is 19.5. The van der Waals surface area contributed by atoms with Gasteiger partial charge in [0, 0.05) is 24.5 Å². The Hall–Kier alpha value is -1.64. The van der Waals surface area contributed by atoms with Crippen LogP contribution in [0.1, 0.15) is 13.3 Å². The third kappa shape index (κ3) is 4.16. The highest BCUT2D eigenvalue weighted by Crippen LogP contribution is 2.23. The predicted molar refractivity (Wildman–Crippen MR) is 89.8 cm³/mol. The minimum atomic E-state index is -0.433. The van der Waals surface area contributed by atoms with Gasteiger partial charge in [0.2, 0.25) is 5.95 Å². The lowest BCUT2D eigenvalue weighted by molar-refractivity contribution is 0.386. The number of benzene rings is 1. The van der Waals surface area contributed by atoms with Gasteiger partial charge in [0.1, 0.15) is 5.82 Å². The van der Waals surface area contributed by atoms with Gasteiger partial charge < -0.3 is 15.4 Å². The van der Waals surface area contributed by atoms with E-state index in [9.17, 15) is 4.39 Å². The molecule has 112 valence electrons. The molecular weight excluding hydrogens is 386 g/mol. The molecule has 0 aliphatic carbocycles. The Morgan fingerprint density at radius 3 is 2.86 bits per heavy atom. The Morgan fingerprint density at radius 1 is 1.38 bits per heavy atom. The molecule has 0 atom stereocenters. The second-order valence-electron chi connectivity index (χ2n) is 4.29. The summed E-state index contributed by atoms with van der Waals surface area (Å²) in [6.07, 6.45) is 2.72. The summed E-state index contributed by atoms with van der Waals surface area (Å²) in [5.74, 6) is 0.953. The first-order chi connectivity index (χ1) is 10.1. The fourth-order valence-electron chi connectivity index (χ4n) is 1.67. The maximum atomic E-state index is 13.6. The van der Waals surface area contributed by atoms with E-state index in [1.54, 1.807) is 18.3 Å². The molecule has 0 spiro atoms. The summed E-state index contributed by atoms with van der Waals surface area (Å²) in [5.41, 5.74) is 0.566. The molecule has 1 aromatic heterocycles. The van der Waals surface area contributed by atoms with Crippen molar-refractivity contribution < 1.29 is 9.13 Å². The SMILES string of the molecule is CCCNc1nc(Nc2ccc(OC)c(F)c2)ncc1I. The summed E-state index contributed by atoms with van der Waals surface area (Å²) >= 11 is 2.17. The molecular formula is C14H16FIN4O. The van der Waals surface area contributed by atoms with E-state index in [0.717, 1.165) is 22.4 Å². The molecule has 0 fully saturated rings. The number of ether oxygens (including phenoxy) is 1. The topological polar surface area (TPSA) is 59.1 Å². The second kappa shape index (κ2) is 7.39. The van der Waals surface area contributed by atoms with Gasteiger partial charge in [0.25, 0.3) is 0 Å². The van der Waals surface area contributed by atoms with E-state index in [0.29, 0.717) is 11.6 Å². The monoisotopic (exact) mass is 402 g/mol. The van der Waals surface area contributed by atoms with Crippen LogP contribution in [0.3, 0.4) is 0 Å². The van der Waals surface area contributed by atoms with Gasteiger partial charge in [0.05, 0.1) is 10.7 Å². The minimum Gasteiger partial charge on any atom is -0.494 e. The Labute approximate surface area is 136 Å². The fourth-order valence-corrected chi connectivity index (χ4v) is 2.12. The average molecular weight is 402 g/mol. The first kappa shape index (κ1) is 15.7. The lowest BCUT2D eigenvalue weighted by Gasteiger charge is -2.10. The normalized spacial score (nSPS) is 10.3. The third-order valence-electron chi connectivity index (χ3n) is 2.69. The third-order valence-corrected chi connectivity index (χ3v) is 3.48. The molecule has 2 aromatic rings. The smallest absolute Gasteiger partial charge is 0.229 e. The van der Waals surface area contributed by atoms with Crippen LogP contribution in [0.2, 0.25) is 0 Å². The quantitative estimate of drug-likeness (QED) is 0.721. The van der Waals surface area contributed by atoms with Crippen molar-refractivity contribution in [2.75, 3.05) is 24.3 Å². The number of aromatic nitrogens is 2. The van der Waals surface area contributed by atoms with Crippen molar-refractivity contribution in [3.8, 4) is 5.75 Å². The van der Waals surface area contributed by atoms with Crippen LogP contribution >= 0.6 is 22.6 Å². The number of anilines is 3. The van der Waals surface area contributed by atoms with Gasteiger partial charge in [-0.3, -0.25) is 0 Å². The maximum Gasteiger partial charge on any atom is 0.229 e. The van der Waals surface area contributed by atoms with Crippen LogP contribution in [-0.2, 0) is 0 Å². The fraction of sp³-hybridized carbons (Fsp3) is 0.286. The molecule has 0 amide bonds. The van der Waals surface area contributed by atoms with Crippen molar-refractivity contribution in [3.05, 3.63) is 33.8 Å². The van der Waals surface area contributed by atoms with Crippen molar-refractivity contribution in [2.45, 2.75) is 13.3 Å². The van der Waals surface area contributed by atoms with Crippen LogP contribution in [0.15, 0.2) is 24.4 Å². The zero-order valence-corrected chi connectivity index (χ0v) is 13.9. The molecule has 2 rings (SSSR count). The summed E-state index contributed by atoms with van der Waals surface area (Å²) in [4.78, 5) is 8.57. The number of nitrogens with zero attached hydrogens (tertiary/aromatic N) is 2. The highest BCUT2D eigenvalue weighted by atomic mass is 127. The van der Waals surface area contributed by atoms with Crippen molar-refractivity contribution >= 4 is 40.0 Å². The Kier molecular flexibility index (Phi) is 5.54. The summed E-state index contributed by atoms with van der Waals surface area (Å²) in [5, 5.41) is 6.20. The number of hydrogen-bond acceptors (Lipinski definition) is 5. The van der Waals surface area contributed by atoms with Gasteiger partial charge in [-0.25, -0.2) is 9.37 Å². The van der Waals surface area contributed by atoms with Gasteiger partial charge >= 0.3 is 0 Å². The Balaban J connectivity index is 2.17. The lowest BCUT2D eigenvalue weighted by Crippen LogP contribution is -2.07. The van der Waals surface area contributed by atoms with Crippen molar-refractivity contribution in [2.24, 2.45) is 0 Å². The summed E-state index contributed by atoms with van der Waals surface area (Å²) in [6, 6.07) is 4.61. The molecule has 1 heterocycles. The molecule has 0 bridgehead atoms. The van der Waals surface area contributed by atoms with Crippen LogP contribution in [0.25, 0.3) is 0 Å². The van der Waals surface area contributed by atoms with E-state index in [1.165, 1.54) is 13.2 Å². The van der Waals surface area contributed by atoms with Crippen LogP contribution in [0, 0.1) is 9.39 Å². The van der Waals surface area contributed by atoms with E-state index in [-0.39, 0.29) is 5.75 Å². The Bertz CT molecular complexity index is 624. The lowest BCUT2D eigenvalue weighted by atomic mass is 10.3. The number of methoxy groups -OCH3 is 1. The van der Waals surface area contributed by atoms with Gasteiger partial charge in [-0.2, -0.15) is 4.98 Å². The van der Waals surface area contributed by atoms with E-state index in [4.69, 9.17) is 4.74 Å². The number of hydrogen-bond donors (Lipinski definition) is 2. The molecule has 0 saturated heterocycles. The molecule has 2 N–H and O–H groups in total. The molecule has 0 unspecified atom stereocenters. The zero-order chi connectivity index (χ0) is 15.2. The van der Waals surface area contributed by atoms with Crippen LogP contribution in [0.5, 0.6) is 5.75 Å². The maximum absolute atomic E-state index is 13.6. The van der Waals surface area contributed by atoms with Crippen molar-refractivity contribution in [1.82, 2.24) is 9.97 Å². The molecule has 1 aromatic carbocycles. The van der Waals surface area contributed by atoms with E-state index < -0.39 is 5.82 Å². The number of rotatable bonds is 6. The second-order valence-corrected chi connectivity index (χ2v) is 5.45. The molecule has 7 heteroatoms. The largest absolute Gasteiger partial charge is 0.494 e. The molecule has 0 saturated carbocycles. The molecule has 0 aliphatic heterocycles. The molecule has 0 aliphatic rings. The minimum absolute atomic E-state index is 0.203. The van der Waals surface area contributed by atoms with E-state index >= 15 is 0 Å². The molecule has 5 nitrogen and oxygen atoms in total. The molecule has 0 radical (unpaired) electrons. The van der Waals surface area contributed by atoms with Crippen LogP contribution in [0.4, 0.5) is 21.8 Å². The first-order valence-electron chi connectivity index (χ1n) is 6.51. The predicted octanol–water partition coefficient (Wildman–Crippen LogP) is 3.79. The van der Waals surface area contributed by atoms with Gasteiger partial charge in [0.15, 0.2) is 11.6 Å². The van der Waals surface area contributed by atoms with Gasteiger partial charge in [-0.15, -0.1) is 0 Å². The van der Waals surface area contributed by atoms with E-state index in [1.807, 2.05) is 0 Å².